The largest absolute Gasteiger partial charge is 0.337 e. The Morgan fingerprint density at radius 1 is 1.21 bits per heavy atom. The summed E-state index contributed by atoms with van der Waals surface area (Å²) in [7, 11) is -3.03. The van der Waals surface area contributed by atoms with E-state index in [0.29, 0.717) is 31.2 Å². The Hall–Kier alpha value is -1.87. The van der Waals surface area contributed by atoms with Crippen LogP contribution in [0.1, 0.15) is 43.2 Å². The van der Waals surface area contributed by atoms with Crippen LogP contribution in [0.25, 0.3) is 0 Å². The highest BCUT2D eigenvalue weighted by molar-refractivity contribution is 7.91. The third-order valence-electron chi connectivity index (χ3n) is 5.29. The molecular formula is C18H22N2O3S. The summed E-state index contributed by atoms with van der Waals surface area (Å²) in [6.07, 6.45) is 5.38. The van der Waals surface area contributed by atoms with Gasteiger partial charge >= 0.3 is 0 Å². The number of rotatable bonds is 4. The Kier molecular flexibility index (Phi) is 4.64. The molecule has 2 heterocycles. The fourth-order valence-corrected chi connectivity index (χ4v) is 5.15. The second kappa shape index (κ2) is 6.56. The van der Waals surface area contributed by atoms with Crippen molar-refractivity contribution in [2.24, 2.45) is 0 Å². The molecule has 2 unspecified atom stereocenters. The molecule has 0 spiro atoms. The molecule has 1 aromatic rings. The van der Waals surface area contributed by atoms with E-state index in [1.807, 2.05) is 17.0 Å². The highest BCUT2D eigenvalue weighted by Gasteiger charge is 2.45. The predicted octanol–water partition coefficient (Wildman–Crippen LogP) is 2.06. The van der Waals surface area contributed by atoms with Gasteiger partial charge in [0.15, 0.2) is 0 Å². The fourth-order valence-electron chi connectivity index (χ4n) is 4.01. The summed E-state index contributed by atoms with van der Waals surface area (Å²) < 4.78 is 23.6. The molecule has 1 amide bonds. The Labute approximate surface area is 143 Å². The van der Waals surface area contributed by atoms with Crippen LogP contribution in [-0.4, -0.2) is 42.8 Å². The minimum Gasteiger partial charge on any atom is -0.337 e. The maximum absolute atomic E-state index is 12.6. The van der Waals surface area contributed by atoms with Gasteiger partial charge in [0, 0.05) is 24.8 Å². The van der Waals surface area contributed by atoms with Gasteiger partial charge in [-0.25, -0.2) is 8.42 Å². The molecule has 1 aromatic carbocycles. The Morgan fingerprint density at radius 3 is 2.29 bits per heavy atom. The number of hydrogen-bond acceptors (Lipinski definition) is 4. The number of carbonyl (C=O) groups excluding carboxylic acids is 1. The van der Waals surface area contributed by atoms with Crippen molar-refractivity contribution in [1.29, 1.82) is 5.26 Å². The summed E-state index contributed by atoms with van der Waals surface area (Å²) >= 11 is 0. The van der Waals surface area contributed by atoms with Crippen molar-refractivity contribution < 1.29 is 13.2 Å². The summed E-state index contributed by atoms with van der Waals surface area (Å²) in [5, 5.41) is 8.51. The van der Waals surface area contributed by atoms with Crippen LogP contribution in [0, 0.1) is 11.3 Å². The Balaban J connectivity index is 1.61. The number of hydrogen-bond donors (Lipinski definition) is 0. The second-order valence-corrected chi connectivity index (χ2v) is 9.24. The van der Waals surface area contributed by atoms with E-state index in [0.717, 1.165) is 18.4 Å². The number of benzene rings is 1. The molecule has 2 fully saturated rings. The SMILES string of the molecule is CS(=O)(=O)C1CC2CCC(C1)N2C(=O)CCc1ccc(C#N)cc1. The molecule has 3 rings (SSSR count). The van der Waals surface area contributed by atoms with Crippen LogP contribution in [0.3, 0.4) is 0 Å². The maximum Gasteiger partial charge on any atom is 0.223 e. The molecule has 0 saturated carbocycles. The van der Waals surface area contributed by atoms with Gasteiger partial charge in [0.2, 0.25) is 5.91 Å². The van der Waals surface area contributed by atoms with Gasteiger partial charge in [0.25, 0.3) is 0 Å². The summed E-state index contributed by atoms with van der Waals surface area (Å²) in [5.74, 6) is 0.124. The lowest BCUT2D eigenvalue weighted by atomic mass is 10.0. The zero-order valence-corrected chi connectivity index (χ0v) is 14.6. The lowest BCUT2D eigenvalue weighted by Gasteiger charge is -2.38. The molecule has 2 atom stereocenters. The molecule has 24 heavy (non-hydrogen) atoms. The molecule has 2 bridgehead atoms. The maximum atomic E-state index is 12.6. The van der Waals surface area contributed by atoms with Gasteiger partial charge in [0.1, 0.15) is 9.84 Å². The first-order valence-electron chi connectivity index (χ1n) is 8.37. The molecule has 5 nitrogen and oxygen atoms in total. The predicted molar refractivity (Wildman–Crippen MR) is 91.0 cm³/mol. The van der Waals surface area contributed by atoms with E-state index in [4.69, 9.17) is 5.26 Å². The van der Waals surface area contributed by atoms with E-state index < -0.39 is 9.84 Å². The summed E-state index contributed by atoms with van der Waals surface area (Å²) in [4.78, 5) is 14.6. The number of sulfone groups is 1. The summed E-state index contributed by atoms with van der Waals surface area (Å²) in [6.45, 7) is 0. The van der Waals surface area contributed by atoms with Crippen molar-refractivity contribution in [3.05, 3.63) is 35.4 Å². The Bertz CT molecular complexity index is 750. The normalized spacial score (nSPS) is 26.2. The van der Waals surface area contributed by atoms with Crippen LogP contribution in [0.2, 0.25) is 0 Å². The number of amides is 1. The zero-order chi connectivity index (χ0) is 17.3. The van der Waals surface area contributed by atoms with Gasteiger partial charge in [0.05, 0.1) is 16.9 Å². The van der Waals surface area contributed by atoms with Crippen molar-refractivity contribution in [2.45, 2.75) is 55.9 Å². The van der Waals surface area contributed by atoms with Gasteiger partial charge in [-0.2, -0.15) is 5.26 Å². The number of aryl methyl sites for hydroxylation is 1. The average Bonchev–Trinajstić information content (AvgIpc) is 2.81. The van der Waals surface area contributed by atoms with Crippen LogP contribution in [0.4, 0.5) is 0 Å². The number of fused-ring (bicyclic) bond motifs is 2. The number of nitrogens with zero attached hydrogens (tertiary/aromatic N) is 2. The first kappa shape index (κ1) is 17.0. The van der Waals surface area contributed by atoms with Gasteiger partial charge in [-0.05, 0) is 49.8 Å². The summed E-state index contributed by atoms with van der Waals surface area (Å²) in [5.41, 5.74) is 1.66. The van der Waals surface area contributed by atoms with E-state index >= 15 is 0 Å². The van der Waals surface area contributed by atoms with E-state index in [9.17, 15) is 13.2 Å². The number of nitriles is 1. The van der Waals surface area contributed by atoms with Crippen molar-refractivity contribution in [2.75, 3.05) is 6.26 Å². The smallest absolute Gasteiger partial charge is 0.223 e. The van der Waals surface area contributed by atoms with Crippen LogP contribution in [0.15, 0.2) is 24.3 Å². The van der Waals surface area contributed by atoms with Gasteiger partial charge in [-0.1, -0.05) is 12.1 Å². The van der Waals surface area contributed by atoms with Crippen molar-refractivity contribution >= 4 is 15.7 Å². The minimum atomic E-state index is -3.03. The van der Waals surface area contributed by atoms with Crippen LogP contribution < -0.4 is 0 Å². The molecule has 0 aliphatic carbocycles. The van der Waals surface area contributed by atoms with E-state index in [-0.39, 0.29) is 23.2 Å². The lowest BCUT2D eigenvalue weighted by Crippen LogP contribution is -2.49. The molecule has 2 saturated heterocycles. The fraction of sp³-hybridized carbons (Fsp3) is 0.556. The summed E-state index contributed by atoms with van der Waals surface area (Å²) in [6, 6.07) is 9.54. The monoisotopic (exact) mass is 346 g/mol. The molecule has 128 valence electrons. The van der Waals surface area contributed by atoms with Crippen molar-refractivity contribution in [3.8, 4) is 6.07 Å². The minimum absolute atomic E-state index is 0.0805. The molecule has 0 radical (unpaired) electrons. The first-order valence-corrected chi connectivity index (χ1v) is 10.3. The lowest BCUT2D eigenvalue weighted by molar-refractivity contribution is -0.135. The highest BCUT2D eigenvalue weighted by Crippen LogP contribution is 2.38. The van der Waals surface area contributed by atoms with Crippen LogP contribution >= 0.6 is 0 Å². The van der Waals surface area contributed by atoms with E-state index in [1.54, 1.807) is 12.1 Å². The molecule has 0 N–H and O–H groups in total. The standard InChI is InChI=1S/C18H22N2O3S/c1-24(22,23)17-10-15-7-8-16(11-17)20(15)18(21)9-6-13-2-4-14(12-19)5-3-13/h2-5,15-17H,6-11H2,1H3. The topological polar surface area (TPSA) is 78.2 Å². The quantitative estimate of drug-likeness (QED) is 0.836. The number of piperidine rings is 1. The van der Waals surface area contributed by atoms with Crippen molar-refractivity contribution in [3.63, 3.8) is 0 Å². The van der Waals surface area contributed by atoms with Crippen LogP contribution in [0.5, 0.6) is 0 Å². The van der Waals surface area contributed by atoms with Gasteiger partial charge in [-0.3, -0.25) is 4.79 Å². The second-order valence-electron chi connectivity index (χ2n) is 6.92. The van der Waals surface area contributed by atoms with E-state index in [1.165, 1.54) is 6.26 Å². The molecule has 0 aromatic heterocycles. The molecule has 6 heteroatoms. The van der Waals surface area contributed by atoms with Gasteiger partial charge < -0.3 is 4.90 Å². The zero-order valence-electron chi connectivity index (χ0n) is 13.8. The third-order valence-corrected chi connectivity index (χ3v) is 6.89. The van der Waals surface area contributed by atoms with Crippen LogP contribution in [-0.2, 0) is 21.1 Å². The first-order chi connectivity index (χ1) is 11.4. The molecule has 2 aliphatic rings. The molecule has 2 aliphatic heterocycles. The van der Waals surface area contributed by atoms with E-state index in [2.05, 4.69) is 6.07 Å². The Morgan fingerprint density at radius 2 is 1.79 bits per heavy atom. The number of carbonyl (C=O) groups is 1. The highest BCUT2D eigenvalue weighted by atomic mass is 32.2. The third kappa shape index (κ3) is 3.46. The molecular weight excluding hydrogens is 324 g/mol. The van der Waals surface area contributed by atoms with Gasteiger partial charge in [-0.15, -0.1) is 0 Å². The van der Waals surface area contributed by atoms with Crippen molar-refractivity contribution in [1.82, 2.24) is 4.90 Å². The average molecular weight is 346 g/mol.